The fourth-order valence-electron chi connectivity index (χ4n) is 1.57. The molecule has 0 radical (unpaired) electrons. The molecule has 0 aromatic carbocycles. The lowest BCUT2D eigenvalue weighted by atomic mass is 10.1. The minimum absolute atomic E-state index is 0.106. The van der Waals surface area contributed by atoms with Crippen LogP contribution in [0, 0.1) is 0 Å². The van der Waals surface area contributed by atoms with Gasteiger partial charge in [0.2, 0.25) is 0 Å². The summed E-state index contributed by atoms with van der Waals surface area (Å²) >= 11 is 0. The standard InChI is InChI=1S/C10H20NOP/c1-4-5-6-7-9-8-12-10(2,3)11(9)13/h4-5,9H,6-8,13H2,1-3H3/b5-4+/t9-/m0/s1. The second-order valence-corrected chi connectivity index (χ2v) is 4.52. The molecule has 0 aliphatic carbocycles. The molecule has 0 bridgehead atoms. The third kappa shape index (κ3) is 2.77. The maximum Gasteiger partial charge on any atom is 0.119 e. The molecule has 0 aromatic heterocycles. The normalized spacial score (nSPS) is 28.8. The molecule has 1 aliphatic rings. The molecule has 2 atom stereocenters. The van der Waals surface area contributed by atoms with Crippen LogP contribution in [-0.2, 0) is 4.74 Å². The predicted octanol–water partition coefficient (Wildman–Crippen LogP) is 2.57. The van der Waals surface area contributed by atoms with Crippen molar-refractivity contribution >= 4 is 9.39 Å². The number of hydrogen-bond donors (Lipinski definition) is 0. The Morgan fingerprint density at radius 1 is 1.62 bits per heavy atom. The van der Waals surface area contributed by atoms with Gasteiger partial charge in [-0.2, -0.15) is 0 Å². The van der Waals surface area contributed by atoms with Crippen LogP contribution in [0.5, 0.6) is 0 Å². The first kappa shape index (κ1) is 11.2. The van der Waals surface area contributed by atoms with E-state index in [0.717, 1.165) is 13.0 Å². The summed E-state index contributed by atoms with van der Waals surface area (Å²) in [6.07, 6.45) is 6.64. The van der Waals surface area contributed by atoms with Crippen LogP contribution >= 0.6 is 9.39 Å². The first-order valence-corrected chi connectivity index (χ1v) is 5.38. The molecular formula is C10H20NOP. The van der Waals surface area contributed by atoms with Gasteiger partial charge in [0.15, 0.2) is 0 Å². The van der Waals surface area contributed by atoms with Crippen molar-refractivity contribution in [3.63, 3.8) is 0 Å². The van der Waals surface area contributed by atoms with Gasteiger partial charge in [0, 0.05) is 6.04 Å². The SMILES string of the molecule is C/C=C/CC[C@H]1COC(C)(C)N1P. The molecule has 2 nitrogen and oxygen atoms in total. The van der Waals surface area contributed by atoms with Gasteiger partial charge >= 0.3 is 0 Å². The number of nitrogens with zero attached hydrogens (tertiary/aromatic N) is 1. The van der Waals surface area contributed by atoms with Crippen LogP contribution < -0.4 is 0 Å². The quantitative estimate of drug-likeness (QED) is 0.514. The van der Waals surface area contributed by atoms with Crippen LogP contribution in [0.2, 0.25) is 0 Å². The molecular weight excluding hydrogens is 181 g/mol. The van der Waals surface area contributed by atoms with Crippen LogP contribution in [0.4, 0.5) is 0 Å². The van der Waals surface area contributed by atoms with Gasteiger partial charge in [-0.15, -0.1) is 0 Å². The third-order valence-corrected chi connectivity index (χ3v) is 3.59. The van der Waals surface area contributed by atoms with Crippen molar-refractivity contribution < 1.29 is 4.74 Å². The Balaban J connectivity index is 2.37. The van der Waals surface area contributed by atoms with E-state index in [1.165, 1.54) is 6.42 Å². The highest BCUT2D eigenvalue weighted by Gasteiger charge is 2.37. The zero-order valence-corrected chi connectivity index (χ0v) is 9.94. The van der Waals surface area contributed by atoms with Gasteiger partial charge in [-0.05, 0) is 33.6 Å². The Morgan fingerprint density at radius 3 is 2.77 bits per heavy atom. The number of allylic oxidation sites excluding steroid dienone is 2. The van der Waals surface area contributed by atoms with E-state index in [-0.39, 0.29) is 5.72 Å². The van der Waals surface area contributed by atoms with E-state index in [4.69, 9.17) is 4.74 Å². The van der Waals surface area contributed by atoms with E-state index >= 15 is 0 Å². The van der Waals surface area contributed by atoms with Crippen molar-refractivity contribution in [2.24, 2.45) is 0 Å². The minimum Gasteiger partial charge on any atom is -0.359 e. The molecule has 0 N–H and O–H groups in total. The highest BCUT2D eigenvalue weighted by Crippen LogP contribution is 2.32. The lowest BCUT2D eigenvalue weighted by molar-refractivity contribution is -0.0124. The van der Waals surface area contributed by atoms with Crippen molar-refractivity contribution in [3.05, 3.63) is 12.2 Å². The van der Waals surface area contributed by atoms with Gasteiger partial charge in [0.05, 0.1) is 6.61 Å². The molecule has 1 unspecified atom stereocenters. The summed E-state index contributed by atoms with van der Waals surface area (Å²) < 4.78 is 7.92. The predicted molar refractivity (Wildman–Crippen MR) is 59.4 cm³/mol. The molecule has 0 spiro atoms. The Labute approximate surface area is 83.6 Å². The van der Waals surface area contributed by atoms with Crippen molar-refractivity contribution in [2.45, 2.75) is 45.4 Å². The second kappa shape index (κ2) is 4.54. The summed E-state index contributed by atoms with van der Waals surface area (Å²) in [6.45, 7) is 7.13. The van der Waals surface area contributed by atoms with Crippen LogP contribution in [0.3, 0.4) is 0 Å². The summed E-state index contributed by atoms with van der Waals surface area (Å²) in [5.41, 5.74) is -0.106. The molecule has 0 saturated carbocycles. The zero-order valence-electron chi connectivity index (χ0n) is 8.79. The molecule has 0 amide bonds. The summed E-state index contributed by atoms with van der Waals surface area (Å²) in [7, 11) is 2.78. The summed E-state index contributed by atoms with van der Waals surface area (Å²) in [5.74, 6) is 0. The van der Waals surface area contributed by atoms with Gasteiger partial charge in [-0.1, -0.05) is 21.5 Å². The smallest absolute Gasteiger partial charge is 0.119 e. The maximum absolute atomic E-state index is 5.68. The fraction of sp³-hybridized carbons (Fsp3) is 0.800. The van der Waals surface area contributed by atoms with Crippen molar-refractivity contribution in [1.82, 2.24) is 4.67 Å². The van der Waals surface area contributed by atoms with E-state index in [9.17, 15) is 0 Å². The Bertz CT molecular complexity index is 191. The maximum atomic E-state index is 5.68. The second-order valence-electron chi connectivity index (χ2n) is 3.97. The third-order valence-electron chi connectivity index (χ3n) is 2.55. The lowest BCUT2D eigenvalue weighted by Crippen LogP contribution is -2.35. The first-order valence-electron chi connectivity index (χ1n) is 4.87. The number of ether oxygens (including phenoxy) is 1. The van der Waals surface area contributed by atoms with Crippen LogP contribution in [0.1, 0.15) is 33.6 Å². The Morgan fingerprint density at radius 2 is 2.31 bits per heavy atom. The van der Waals surface area contributed by atoms with E-state index in [1.807, 2.05) is 0 Å². The van der Waals surface area contributed by atoms with Gasteiger partial charge in [0.1, 0.15) is 5.72 Å². The molecule has 0 aromatic rings. The molecule has 3 heteroatoms. The van der Waals surface area contributed by atoms with E-state index in [0.29, 0.717) is 6.04 Å². The first-order chi connectivity index (χ1) is 6.08. The zero-order chi connectivity index (χ0) is 9.90. The van der Waals surface area contributed by atoms with Crippen molar-refractivity contribution in [2.75, 3.05) is 6.61 Å². The van der Waals surface area contributed by atoms with Crippen LogP contribution in [0.25, 0.3) is 0 Å². The molecule has 13 heavy (non-hydrogen) atoms. The Kier molecular flexibility index (Phi) is 3.90. The van der Waals surface area contributed by atoms with Crippen LogP contribution in [-0.4, -0.2) is 23.0 Å². The minimum atomic E-state index is -0.106. The lowest BCUT2D eigenvalue weighted by Gasteiger charge is -2.28. The Hall–Kier alpha value is 0.0900. The topological polar surface area (TPSA) is 12.5 Å². The highest BCUT2D eigenvalue weighted by atomic mass is 31.0. The van der Waals surface area contributed by atoms with Gasteiger partial charge in [-0.3, -0.25) is 4.67 Å². The molecule has 1 rings (SSSR count). The van der Waals surface area contributed by atoms with E-state index < -0.39 is 0 Å². The van der Waals surface area contributed by atoms with Gasteiger partial charge in [-0.25, -0.2) is 0 Å². The number of hydrogen-bond acceptors (Lipinski definition) is 2. The molecule has 1 saturated heterocycles. The van der Waals surface area contributed by atoms with Crippen LogP contribution in [0.15, 0.2) is 12.2 Å². The largest absolute Gasteiger partial charge is 0.359 e. The van der Waals surface area contributed by atoms with Crippen molar-refractivity contribution in [1.29, 1.82) is 0 Å². The summed E-state index contributed by atoms with van der Waals surface area (Å²) in [5, 5.41) is 0. The van der Waals surface area contributed by atoms with Gasteiger partial charge in [0.25, 0.3) is 0 Å². The fourth-order valence-corrected chi connectivity index (χ4v) is 1.88. The van der Waals surface area contributed by atoms with E-state index in [1.54, 1.807) is 0 Å². The molecule has 1 aliphatic heterocycles. The average Bonchev–Trinajstić information content (AvgIpc) is 2.32. The summed E-state index contributed by atoms with van der Waals surface area (Å²) in [4.78, 5) is 0. The summed E-state index contributed by atoms with van der Waals surface area (Å²) in [6, 6.07) is 0.552. The highest BCUT2D eigenvalue weighted by molar-refractivity contribution is 7.13. The monoisotopic (exact) mass is 201 g/mol. The van der Waals surface area contributed by atoms with E-state index in [2.05, 4.69) is 47.0 Å². The van der Waals surface area contributed by atoms with Crippen molar-refractivity contribution in [3.8, 4) is 0 Å². The molecule has 1 fully saturated rings. The average molecular weight is 201 g/mol. The number of rotatable bonds is 3. The molecule has 1 heterocycles. The van der Waals surface area contributed by atoms with Gasteiger partial charge < -0.3 is 4.74 Å². The molecule has 76 valence electrons.